The van der Waals surface area contributed by atoms with Crippen LogP contribution in [0.25, 0.3) is 0 Å². The molecule has 0 bridgehead atoms. The van der Waals surface area contributed by atoms with Gasteiger partial charge in [0.2, 0.25) is 11.8 Å². The van der Waals surface area contributed by atoms with Gasteiger partial charge in [0.15, 0.2) is 0 Å². The maximum Gasteiger partial charge on any atom is 0.249 e. The number of anilines is 1. The number of nitrogens with zero attached hydrogens (tertiary/aromatic N) is 1. The maximum absolute atomic E-state index is 12.7. The minimum atomic E-state index is -0.481. The van der Waals surface area contributed by atoms with Crippen molar-refractivity contribution in [2.45, 2.75) is 32.7 Å². The van der Waals surface area contributed by atoms with Gasteiger partial charge in [0, 0.05) is 22.5 Å². The summed E-state index contributed by atoms with van der Waals surface area (Å²) in [7, 11) is 0. The Bertz CT molecular complexity index is 563. The van der Waals surface area contributed by atoms with E-state index in [1.807, 2.05) is 19.9 Å². The van der Waals surface area contributed by atoms with Crippen LogP contribution in [0, 0.1) is 5.92 Å². The van der Waals surface area contributed by atoms with Gasteiger partial charge in [-0.05, 0) is 46.5 Å². The van der Waals surface area contributed by atoms with Crippen molar-refractivity contribution in [3.8, 4) is 0 Å². The SMILES string of the molecule is CC(C)CC1NC(=O)CCN(c2cc(Cl)ccc2Br)C1=O. The van der Waals surface area contributed by atoms with Crippen molar-refractivity contribution in [3.63, 3.8) is 0 Å². The quantitative estimate of drug-likeness (QED) is 0.883. The van der Waals surface area contributed by atoms with Gasteiger partial charge in [-0.2, -0.15) is 0 Å². The molecule has 0 aliphatic carbocycles. The van der Waals surface area contributed by atoms with Crippen LogP contribution < -0.4 is 10.2 Å². The lowest BCUT2D eigenvalue weighted by Gasteiger charge is -2.26. The summed E-state index contributed by atoms with van der Waals surface area (Å²) in [6, 6.07) is 4.83. The molecule has 1 aliphatic rings. The van der Waals surface area contributed by atoms with Crippen LogP contribution in [0.2, 0.25) is 5.02 Å². The standard InChI is InChI=1S/C15H18BrClN2O2/c1-9(2)7-12-15(21)19(6-5-14(20)18-12)13-8-10(17)3-4-11(13)16/h3-4,8-9,12H,5-7H2,1-2H3,(H,18,20). The molecule has 0 radical (unpaired) electrons. The zero-order chi connectivity index (χ0) is 15.6. The summed E-state index contributed by atoms with van der Waals surface area (Å²) in [5, 5.41) is 3.38. The number of rotatable bonds is 3. The summed E-state index contributed by atoms with van der Waals surface area (Å²) in [6.07, 6.45) is 0.915. The minimum Gasteiger partial charge on any atom is -0.344 e. The fraction of sp³-hybridized carbons (Fsp3) is 0.467. The molecule has 1 unspecified atom stereocenters. The third kappa shape index (κ3) is 3.98. The molecule has 114 valence electrons. The molecule has 1 N–H and O–H groups in total. The fourth-order valence-corrected chi connectivity index (χ4v) is 3.03. The lowest BCUT2D eigenvalue weighted by Crippen LogP contribution is -2.45. The molecule has 0 aromatic heterocycles. The Morgan fingerprint density at radius 3 is 2.81 bits per heavy atom. The minimum absolute atomic E-state index is 0.0856. The molecule has 2 rings (SSSR count). The van der Waals surface area contributed by atoms with Crippen molar-refractivity contribution in [2.75, 3.05) is 11.4 Å². The first kappa shape index (κ1) is 16.3. The number of halogens is 2. The second-order valence-corrected chi connectivity index (χ2v) is 6.88. The predicted octanol–water partition coefficient (Wildman–Crippen LogP) is 3.37. The van der Waals surface area contributed by atoms with Crippen LogP contribution in [0.4, 0.5) is 5.69 Å². The number of carbonyl (C=O) groups excluding carboxylic acids is 2. The summed E-state index contributed by atoms with van der Waals surface area (Å²) < 4.78 is 0.790. The second-order valence-electron chi connectivity index (χ2n) is 5.59. The number of nitrogens with one attached hydrogen (secondary N) is 1. The number of carbonyl (C=O) groups is 2. The fourth-order valence-electron chi connectivity index (χ4n) is 2.40. The Kier molecular flexibility index (Phi) is 5.27. The molecule has 0 saturated carbocycles. The highest BCUT2D eigenvalue weighted by atomic mass is 79.9. The molecule has 1 heterocycles. The molecule has 6 heteroatoms. The van der Waals surface area contributed by atoms with E-state index < -0.39 is 6.04 Å². The van der Waals surface area contributed by atoms with Crippen LogP contribution in [0.15, 0.2) is 22.7 Å². The van der Waals surface area contributed by atoms with Crippen LogP contribution in [0.1, 0.15) is 26.7 Å². The monoisotopic (exact) mass is 372 g/mol. The van der Waals surface area contributed by atoms with Gasteiger partial charge in [-0.1, -0.05) is 25.4 Å². The normalized spacial score (nSPS) is 19.7. The second kappa shape index (κ2) is 6.79. The number of benzene rings is 1. The van der Waals surface area contributed by atoms with Crippen LogP contribution in [-0.4, -0.2) is 24.4 Å². The molecule has 21 heavy (non-hydrogen) atoms. The number of hydrogen-bond acceptors (Lipinski definition) is 2. The van der Waals surface area contributed by atoms with Gasteiger partial charge >= 0.3 is 0 Å². The molecule has 0 spiro atoms. The molecule has 1 aromatic rings. The zero-order valence-corrected chi connectivity index (χ0v) is 14.4. The van der Waals surface area contributed by atoms with Crippen molar-refractivity contribution in [2.24, 2.45) is 5.92 Å². The molecule has 2 amide bonds. The highest BCUT2D eigenvalue weighted by Gasteiger charge is 2.31. The van der Waals surface area contributed by atoms with Crippen molar-refractivity contribution < 1.29 is 9.59 Å². The summed E-state index contributed by atoms with van der Waals surface area (Å²) in [4.78, 5) is 26.2. The predicted molar refractivity (Wildman–Crippen MR) is 87.5 cm³/mol. The zero-order valence-electron chi connectivity index (χ0n) is 12.0. The Balaban J connectivity index is 2.35. The van der Waals surface area contributed by atoms with Gasteiger partial charge in [0.05, 0.1) is 5.69 Å². The van der Waals surface area contributed by atoms with Gasteiger partial charge in [0.25, 0.3) is 0 Å². The van der Waals surface area contributed by atoms with Crippen molar-refractivity contribution in [1.82, 2.24) is 5.32 Å². The Hall–Kier alpha value is -1.07. The average molecular weight is 374 g/mol. The maximum atomic E-state index is 12.7. The van der Waals surface area contributed by atoms with Crippen molar-refractivity contribution >= 4 is 45.0 Å². The van der Waals surface area contributed by atoms with E-state index in [9.17, 15) is 9.59 Å². The molecular weight excluding hydrogens is 356 g/mol. The third-order valence-corrected chi connectivity index (χ3v) is 4.27. The lowest BCUT2D eigenvalue weighted by molar-refractivity contribution is -0.125. The van der Waals surface area contributed by atoms with E-state index in [2.05, 4.69) is 21.2 Å². The summed E-state index contributed by atoms with van der Waals surface area (Å²) >= 11 is 9.48. The lowest BCUT2D eigenvalue weighted by atomic mass is 10.0. The Morgan fingerprint density at radius 1 is 1.43 bits per heavy atom. The summed E-state index contributed by atoms with van der Waals surface area (Å²) in [5.41, 5.74) is 0.706. The van der Waals surface area contributed by atoms with Crippen molar-refractivity contribution in [1.29, 1.82) is 0 Å². The van der Waals surface area contributed by atoms with Crippen LogP contribution >= 0.6 is 27.5 Å². The smallest absolute Gasteiger partial charge is 0.249 e. The van der Waals surface area contributed by atoms with Gasteiger partial charge in [0.1, 0.15) is 6.04 Å². The molecule has 1 atom stereocenters. The van der Waals surface area contributed by atoms with E-state index in [1.165, 1.54) is 0 Å². The third-order valence-electron chi connectivity index (χ3n) is 3.37. The van der Waals surface area contributed by atoms with Crippen molar-refractivity contribution in [3.05, 3.63) is 27.7 Å². The van der Waals surface area contributed by atoms with Gasteiger partial charge in [-0.3, -0.25) is 9.59 Å². The van der Waals surface area contributed by atoms with E-state index in [1.54, 1.807) is 17.0 Å². The molecule has 1 saturated heterocycles. The molecule has 4 nitrogen and oxygen atoms in total. The Morgan fingerprint density at radius 2 is 2.14 bits per heavy atom. The topological polar surface area (TPSA) is 49.4 Å². The Labute approximate surface area is 138 Å². The van der Waals surface area contributed by atoms with Gasteiger partial charge < -0.3 is 10.2 Å². The average Bonchev–Trinajstić information content (AvgIpc) is 2.53. The highest BCUT2D eigenvalue weighted by Crippen LogP contribution is 2.31. The van der Waals surface area contributed by atoms with Gasteiger partial charge in [-0.25, -0.2) is 0 Å². The first-order valence-corrected chi connectivity index (χ1v) is 8.11. The first-order valence-electron chi connectivity index (χ1n) is 6.94. The van der Waals surface area contributed by atoms with Gasteiger partial charge in [-0.15, -0.1) is 0 Å². The van der Waals surface area contributed by atoms with E-state index in [-0.39, 0.29) is 11.8 Å². The molecular formula is C15H18BrClN2O2. The highest BCUT2D eigenvalue weighted by molar-refractivity contribution is 9.10. The largest absolute Gasteiger partial charge is 0.344 e. The molecule has 1 fully saturated rings. The molecule has 1 aromatic carbocycles. The van der Waals surface area contributed by atoms with Crippen LogP contribution in [0.5, 0.6) is 0 Å². The number of hydrogen-bond donors (Lipinski definition) is 1. The summed E-state index contributed by atoms with van der Waals surface area (Å²) in [6.45, 7) is 4.42. The van der Waals surface area contributed by atoms with E-state index in [4.69, 9.17) is 11.6 Å². The summed E-state index contributed by atoms with van der Waals surface area (Å²) in [5.74, 6) is 0.147. The van der Waals surface area contributed by atoms with E-state index in [0.29, 0.717) is 36.0 Å². The number of amides is 2. The van der Waals surface area contributed by atoms with Crippen LogP contribution in [0.3, 0.4) is 0 Å². The van der Waals surface area contributed by atoms with Crippen LogP contribution in [-0.2, 0) is 9.59 Å². The van der Waals surface area contributed by atoms with E-state index in [0.717, 1.165) is 4.47 Å². The molecule has 1 aliphatic heterocycles. The van der Waals surface area contributed by atoms with E-state index >= 15 is 0 Å². The first-order chi connectivity index (χ1) is 9.88.